The Bertz CT molecular complexity index is 830. The van der Waals surface area contributed by atoms with Crippen molar-refractivity contribution in [3.8, 4) is 0 Å². The van der Waals surface area contributed by atoms with Gasteiger partial charge in [0.25, 0.3) is 0 Å². The highest BCUT2D eigenvalue weighted by Crippen LogP contribution is 2.51. The van der Waals surface area contributed by atoms with Gasteiger partial charge in [-0.1, -0.05) is 43.7 Å². The summed E-state index contributed by atoms with van der Waals surface area (Å²) in [6.07, 6.45) is 0.129. The molecular weight excluding hydrogens is 453 g/mol. The zero-order valence-electron chi connectivity index (χ0n) is 19.2. The summed E-state index contributed by atoms with van der Waals surface area (Å²) in [4.78, 5) is 39.3. The summed E-state index contributed by atoms with van der Waals surface area (Å²) in [5.41, 5.74) is 0.739. The van der Waals surface area contributed by atoms with E-state index in [2.05, 4.69) is 10.6 Å². The van der Waals surface area contributed by atoms with Crippen molar-refractivity contribution >= 4 is 25.6 Å². The summed E-state index contributed by atoms with van der Waals surface area (Å²) < 4.78 is 33.4. The zero-order chi connectivity index (χ0) is 24.3. The highest BCUT2D eigenvalue weighted by atomic mass is 31.2. The zero-order valence-corrected chi connectivity index (χ0v) is 20.0. The molecule has 12 heteroatoms. The normalized spacial score (nSPS) is 17.2. The van der Waals surface area contributed by atoms with Crippen LogP contribution in [0.2, 0.25) is 0 Å². The van der Waals surface area contributed by atoms with Gasteiger partial charge in [-0.3, -0.25) is 9.36 Å². The Morgan fingerprint density at radius 2 is 1.88 bits per heavy atom. The Kier molecular flexibility index (Phi) is 10.8. The van der Waals surface area contributed by atoms with Crippen LogP contribution in [0.5, 0.6) is 0 Å². The molecule has 0 bridgehead atoms. The maximum Gasteiger partial charge on any atom is 0.409 e. The maximum absolute atomic E-state index is 13.3. The van der Waals surface area contributed by atoms with Gasteiger partial charge in [-0.15, -0.1) is 0 Å². The third-order valence-corrected chi connectivity index (χ3v) is 7.10. The molecule has 0 aromatic heterocycles. The third kappa shape index (κ3) is 7.82. The van der Waals surface area contributed by atoms with Gasteiger partial charge in [-0.25, -0.2) is 9.59 Å². The summed E-state index contributed by atoms with van der Waals surface area (Å²) in [5.74, 6) is -2.30. The second kappa shape index (κ2) is 13.3. The van der Waals surface area contributed by atoms with Crippen LogP contribution in [-0.2, 0) is 34.5 Å². The molecule has 1 saturated heterocycles. The molecule has 1 aliphatic rings. The van der Waals surface area contributed by atoms with Crippen LogP contribution in [0, 0.1) is 0 Å². The number of alkyl carbamates (subject to hydrolysis) is 1. The molecule has 0 spiro atoms. The molecule has 1 aromatic carbocycles. The molecule has 33 heavy (non-hydrogen) atoms. The van der Waals surface area contributed by atoms with E-state index in [1.165, 1.54) is 4.90 Å². The number of unbranched alkanes of at least 4 members (excludes halogenated alkanes) is 1. The second-order valence-corrected chi connectivity index (χ2v) is 9.66. The van der Waals surface area contributed by atoms with E-state index in [9.17, 15) is 18.9 Å². The smallest absolute Gasteiger partial charge is 0.409 e. The molecular formula is C21H32N3O8P. The molecule has 1 aromatic rings. The van der Waals surface area contributed by atoms with Crippen molar-refractivity contribution in [3.63, 3.8) is 0 Å². The number of nitrogens with zero attached hydrogens (tertiary/aromatic N) is 1. The summed E-state index contributed by atoms with van der Waals surface area (Å²) >= 11 is 0. The number of carbonyl (C=O) groups is 3. The molecule has 11 nitrogen and oxygen atoms in total. The molecule has 1 heterocycles. The molecule has 0 saturated carbocycles. The standard InChI is InChI=1S/C21H32N3O8P/c1-4-5-13-31-21(27)24-12-11-22-17(14-24)18(25)19(33(28,29-2)30-3)23-20(26)32-15-16-9-7-6-8-10-16/h6-10,17,19,22H,4-5,11-15H2,1-3H3,(H,23,26). The first-order valence-electron chi connectivity index (χ1n) is 10.7. The monoisotopic (exact) mass is 485 g/mol. The largest absolute Gasteiger partial charge is 0.449 e. The number of ketones is 1. The first-order chi connectivity index (χ1) is 15.8. The predicted octanol–water partition coefficient (Wildman–Crippen LogP) is 2.50. The minimum Gasteiger partial charge on any atom is -0.449 e. The number of hydrogen-bond donors (Lipinski definition) is 2. The number of hydrogen-bond acceptors (Lipinski definition) is 9. The fourth-order valence-corrected chi connectivity index (χ4v) is 4.49. The summed E-state index contributed by atoms with van der Waals surface area (Å²) in [5, 5.41) is 5.29. The van der Waals surface area contributed by atoms with Crippen LogP contribution in [-0.4, -0.2) is 75.2 Å². The lowest BCUT2D eigenvalue weighted by molar-refractivity contribution is -0.122. The Balaban J connectivity index is 2.07. The second-order valence-electron chi connectivity index (χ2n) is 7.34. The van der Waals surface area contributed by atoms with Crippen LogP contribution in [0.15, 0.2) is 30.3 Å². The van der Waals surface area contributed by atoms with Gasteiger partial charge in [0.1, 0.15) is 6.61 Å². The maximum atomic E-state index is 13.3. The Hall–Kier alpha value is -2.46. The fraction of sp³-hybridized carbons (Fsp3) is 0.571. The van der Waals surface area contributed by atoms with E-state index in [0.29, 0.717) is 13.1 Å². The van der Waals surface area contributed by atoms with E-state index in [4.69, 9.17) is 18.5 Å². The fourth-order valence-electron chi connectivity index (χ4n) is 3.16. The molecule has 1 aliphatic heterocycles. The molecule has 0 aliphatic carbocycles. The minimum absolute atomic E-state index is 0.0194. The van der Waals surface area contributed by atoms with Crippen LogP contribution in [0.1, 0.15) is 25.3 Å². The van der Waals surface area contributed by atoms with Crippen LogP contribution in [0.25, 0.3) is 0 Å². The summed E-state index contributed by atoms with van der Waals surface area (Å²) in [6, 6.07) is 8.03. The SMILES string of the molecule is CCCCOC(=O)N1CCNC(C(=O)C(NC(=O)OCc2ccccc2)P(=O)(OC)OC)C1. The van der Waals surface area contributed by atoms with Gasteiger partial charge < -0.3 is 34.1 Å². The first-order valence-corrected chi connectivity index (χ1v) is 12.3. The van der Waals surface area contributed by atoms with Gasteiger partial charge in [-0.2, -0.15) is 0 Å². The van der Waals surface area contributed by atoms with Crippen molar-refractivity contribution < 1.29 is 37.5 Å². The molecule has 0 radical (unpaired) electrons. The third-order valence-electron chi connectivity index (χ3n) is 5.06. The van der Waals surface area contributed by atoms with Crippen molar-refractivity contribution in [3.05, 3.63) is 35.9 Å². The number of carbonyl (C=O) groups excluding carboxylic acids is 3. The quantitative estimate of drug-likeness (QED) is 0.358. The van der Waals surface area contributed by atoms with Crippen molar-refractivity contribution in [2.24, 2.45) is 0 Å². The number of piperazine rings is 1. The topological polar surface area (TPSA) is 133 Å². The summed E-state index contributed by atoms with van der Waals surface area (Å²) in [7, 11) is -1.83. The number of amides is 2. The number of rotatable bonds is 11. The van der Waals surface area contributed by atoms with Crippen molar-refractivity contribution in [2.45, 2.75) is 38.2 Å². The van der Waals surface area contributed by atoms with Crippen LogP contribution in [0.3, 0.4) is 0 Å². The van der Waals surface area contributed by atoms with Gasteiger partial charge in [0.15, 0.2) is 11.6 Å². The van der Waals surface area contributed by atoms with E-state index in [0.717, 1.165) is 32.6 Å². The molecule has 1 fully saturated rings. The van der Waals surface area contributed by atoms with E-state index in [-0.39, 0.29) is 19.8 Å². The summed E-state index contributed by atoms with van der Waals surface area (Å²) in [6.45, 7) is 2.87. The molecule has 2 unspecified atom stereocenters. The van der Waals surface area contributed by atoms with Crippen LogP contribution in [0.4, 0.5) is 9.59 Å². The van der Waals surface area contributed by atoms with Gasteiger partial charge in [0.2, 0.25) is 0 Å². The highest BCUT2D eigenvalue weighted by molar-refractivity contribution is 7.55. The molecule has 2 amide bonds. The van der Waals surface area contributed by atoms with E-state index in [1.807, 2.05) is 13.0 Å². The molecule has 2 atom stereocenters. The number of ether oxygens (including phenoxy) is 2. The van der Waals surface area contributed by atoms with Gasteiger partial charge >= 0.3 is 19.8 Å². The predicted molar refractivity (Wildman–Crippen MR) is 120 cm³/mol. The highest BCUT2D eigenvalue weighted by Gasteiger charge is 2.45. The lowest BCUT2D eigenvalue weighted by Crippen LogP contribution is -2.59. The first kappa shape index (κ1) is 26.8. The number of benzene rings is 1. The van der Waals surface area contributed by atoms with Gasteiger partial charge in [0, 0.05) is 33.9 Å². The Morgan fingerprint density at radius 3 is 2.52 bits per heavy atom. The van der Waals surface area contributed by atoms with E-state index < -0.39 is 37.4 Å². The van der Waals surface area contributed by atoms with Crippen LogP contribution < -0.4 is 10.6 Å². The molecule has 2 N–H and O–H groups in total. The Morgan fingerprint density at radius 1 is 1.18 bits per heavy atom. The lowest BCUT2D eigenvalue weighted by atomic mass is 10.1. The number of nitrogens with one attached hydrogen (secondary N) is 2. The Labute approximate surface area is 193 Å². The van der Waals surface area contributed by atoms with Crippen molar-refractivity contribution in [2.75, 3.05) is 40.5 Å². The number of Topliss-reactive ketones (excluding diaryl/α,β-unsaturated/α-hetero) is 1. The lowest BCUT2D eigenvalue weighted by Gasteiger charge is -2.34. The average Bonchev–Trinajstić information content (AvgIpc) is 2.86. The minimum atomic E-state index is -4.06. The van der Waals surface area contributed by atoms with E-state index in [1.54, 1.807) is 24.3 Å². The van der Waals surface area contributed by atoms with E-state index >= 15 is 0 Å². The van der Waals surface area contributed by atoms with Crippen molar-refractivity contribution in [1.29, 1.82) is 0 Å². The molecule has 2 rings (SSSR count). The van der Waals surface area contributed by atoms with Crippen molar-refractivity contribution in [1.82, 2.24) is 15.5 Å². The average molecular weight is 485 g/mol. The van der Waals surface area contributed by atoms with Gasteiger partial charge in [-0.05, 0) is 12.0 Å². The molecule has 184 valence electrons. The van der Waals surface area contributed by atoms with Gasteiger partial charge in [0.05, 0.1) is 12.6 Å². The van der Waals surface area contributed by atoms with Crippen LogP contribution >= 0.6 is 7.60 Å².